The molecule has 2 rings (SSSR count). The summed E-state index contributed by atoms with van der Waals surface area (Å²) in [6.07, 6.45) is 5.27. The van der Waals surface area contributed by atoms with Gasteiger partial charge in [0.1, 0.15) is 4.64 Å². The highest BCUT2D eigenvalue weighted by atomic mass is 32.1. The molecule has 0 saturated heterocycles. The van der Waals surface area contributed by atoms with E-state index >= 15 is 0 Å². The van der Waals surface area contributed by atoms with E-state index in [0.717, 1.165) is 4.64 Å². The molecule has 14 heavy (non-hydrogen) atoms. The second-order valence-electron chi connectivity index (χ2n) is 4.51. The summed E-state index contributed by atoms with van der Waals surface area (Å²) in [7, 11) is 0. The van der Waals surface area contributed by atoms with Crippen LogP contribution < -0.4 is 0 Å². The Bertz CT molecular complexity index is 356. The zero-order valence-electron chi connectivity index (χ0n) is 8.92. The fourth-order valence-corrected chi connectivity index (χ4v) is 2.48. The summed E-state index contributed by atoms with van der Waals surface area (Å²) >= 11 is 5.36. The first-order valence-electron chi connectivity index (χ1n) is 5.50. The number of nitrogens with zero attached hydrogens (tertiary/aromatic N) is 1. The first-order valence-corrected chi connectivity index (χ1v) is 5.91. The van der Waals surface area contributed by atoms with Crippen LogP contribution in [0.5, 0.6) is 0 Å². The zero-order chi connectivity index (χ0) is 10.1. The lowest BCUT2D eigenvalue weighted by atomic mass is 10.1. The maximum atomic E-state index is 5.36. The van der Waals surface area contributed by atoms with Crippen molar-refractivity contribution in [2.24, 2.45) is 0 Å². The van der Waals surface area contributed by atoms with Gasteiger partial charge in [-0.05, 0) is 24.8 Å². The van der Waals surface area contributed by atoms with Crippen LogP contribution in [-0.2, 0) is 0 Å². The van der Waals surface area contributed by atoms with E-state index in [1.165, 1.54) is 31.4 Å². The molecular weight excluding hydrogens is 192 g/mol. The van der Waals surface area contributed by atoms with E-state index in [1.54, 1.807) is 0 Å². The molecule has 1 N–H and O–H groups in total. The molecule has 0 amide bonds. The molecule has 0 bridgehead atoms. The molecule has 78 valence electrons. The molecule has 1 aliphatic carbocycles. The van der Waals surface area contributed by atoms with Crippen LogP contribution in [0.4, 0.5) is 0 Å². The minimum Gasteiger partial charge on any atom is -0.301 e. The molecule has 0 atom stereocenters. The van der Waals surface area contributed by atoms with E-state index in [-0.39, 0.29) is 0 Å². The highest BCUT2D eigenvalue weighted by Gasteiger charge is 2.18. The van der Waals surface area contributed by atoms with Gasteiger partial charge in [-0.25, -0.2) is 0 Å². The number of rotatable bonds is 2. The molecule has 2 nitrogen and oxygen atoms in total. The summed E-state index contributed by atoms with van der Waals surface area (Å²) < 4.78 is 3.16. The fraction of sp³-hybridized carbons (Fsp3) is 0.727. The maximum Gasteiger partial charge on any atom is 0.122 e. The van der Waals surface area contributed by atoms with Crippen LogP contribution in [0.2, 0.25) is 0 Å². The number of H-pyrrole nitrogens is 1. The van der Waals surface area contributed by atoms with E-state index in [9.17, 15) is 0 Å². The molecule has 0 unspecified atom stereocenters. The van der Waals surface area contributed by atoms with Crippen molar-refractivity contribution in [2.75, 3.05) is 0 Å². The van der Waals surface area contributed by atoms with Crippen molar-refractivity contribution in [3.8, 4) is 0 Å². The third-order valence-corrected chi connectivity index (χ3v) is 3.39. The van der Waals surface area contributed by atoms with Gasteiger partial charge in [-0.15, -0.1) is 0 Å². The van der Waals surface area contributed by atoms with Gasteiger partial charge in [-0.1, -0.05) is 38.9 Å². The minimum absolute atomic E-state index is 0.541. The Morgan fingerprint density at radius 2 is 2.07 bits per heavy atom. The summed E-state index contributed by atoms with van der Waals surface area (Å²) in [5, 5.41) is 3.44. The summed E-state index contributed by atoms with van der Waals surface area (Å²) in [5.41, 5.74) is 1.27. The molecule has 0 aliphatic heterocycles. The van der Waals surface area contributed by atoms with Crippen molar-refractivity contribution < 1.29 is 0 Å². The second kappa shape index (κ2) is 3.89. The molecule has 1 aromatic heterocycles. The Morgan fingerprint density at radius 3 is 2.57 bits per heavy atom. The zero-order valence-corrected chi connectivity index (χ0v) is 9.73. The SMILES string of the molecule is CC(C)c1cc(=S)n(C2CCCC2)[nH]1. The van der Waals surface area contributed by atoms with Gasteiger partial charge in [-0.3, -0.25) is 4.68 Å². The van der Waals surface area contributed by atoms with Crippen LogP contribution in [-0.4, -0.2) is 9.78 Å². The predicted octanol–water partition coefficient (Wildman–Crippen LogP) is 3.78. The Hall–Kier alpha value is -0.570. The van der Waals surface area contributed by atoms with E-state index in [1.807, 2.05) is 0 Å². The molecular formula is C11H18N2S. The number of aromatic amines is 1. The lowest BCUT2D eigenvalue weighted by Gasteiger charge is -2.11. The first-order chi connectivity index (χ1) is 6.68. The van der Waals surface area contributed by atoms with Gasteiger partial charge >= 0.3 is 0 Å². The number of aromatic nitrogens is 2. The molecule has 0 radical (unpaired) electrons. The minimum atomic E-state index is 0.541. The summed E-state index contributed by atoms with van der Waals surface area (Å²) in [4.78, 5) is 0. The molecule has 0 spiro atoms. The lowest BCUT2D eigenvalue weighted by Crippen LogP contribution is -2.07. The van der Waals surface area contributed by atoms with Gasteiger partial charge in [0, 0.05) is 5.69 Å². The van der Waals surface area contributed by atoms with Gasteiger partial charge in [0.2, 0.25) is 0 Å². The Labute approximate surface area is 90.3 Å². The van der Waals surface area contributed by atoms with Crippen molar-refractivity contribution >= 4 is 12.2 Å². The third kappa shape index (κ3) is 1.78. The average Bonchev–Trinajstić information content (AvgIpc) is 2.71. The quantitative estimate of drug-likeness (QED) is 0.737. The van der Waals surface area contributed by atoms with Gasteiger partial charge in [0.15, 0.2) is 0 Å². The van der Waals surface area contributed by atoms with Crippen molar-refractivity contribution in [3.05, 3.63) is 16.4 Å². The molecule has 1 fully saturated rings. The third-order valence-electron chi connectivity index (χ3n) is 3.08. The van der Waals surface area contributed by atoms with E-state index in [2.05, 4.69) is 29.7 Å². The van der Waals surface area contributed by atoms with Crippen molar-refractivity contribution in [2.45, 2.75) is 51.5 Å². The highest BCUT2D eigenvalue weighted by molar-refractivity contribution is 7.71. The highest BCUT2D eigenvalue weighted by Crippen LogP contribution is 2.29. The number of hydrogen-bond acceptors (Lipinski definition) is 1. The Kier molecular flexibility index (Phi) is 2.77. The van der Waals surface area contributed by atoms with Crippen LogP contribution >= 0.6 is 12.2 Å². The Morgan fingerprint density at radius 1 is 1.43 bits per heavy atom. The lowest BCUT2D eigenvalue weighted by molar-refractivity contribution is 0.456. The largest absolute Gasteiger partial charge is 0.301 e. The Balaban J connectivity index is 2.29. The normalized spacial score (nSPS) is 18.2. The van der Waals surface area contributed by atoms with Crippen LogP contribution in [0.25, 0.3) is 0 Å². The summed E-state index contributed by atoms with van der Waals surface area (Å²) in [6, 6.07) is 2.74. The van der Waals surface area contributed by atoms with Gasteiger partial charge in [-0.2, -0.15) is 0 Å². The topological polar surface area (TPSA) is 20.7 Å². The van der Waals surface area contributed by atoms with Crippen LogP contribution in [0.15, 0.2) is 6.07 Å². The van der Waals surface area contributed by atoms with E-state index in [0.29, 0.717) is 12.0 Å². The molecule has 3 heteroatoms. The molecule has 1 aliphatic rings. The molecule has 1 aromatic rings. The predicted molar refractivity (Wildman–Crippen MR) is 61.2 cm³/mol. The van der Waals surface area contributed by atoms with Crippen molar-refractivity contribution in [1.82, 2.24) is 9.78 Å². The van der Waals surface area contributed by atoms with E-state index < -0.39 is 0 Å². The van der Waals surface area contributed by atoms with Crippen LogP contribution in [0.1, 0.15) is 57.2 Å². The van der Waals surface area contributed by atoms with Gasteiger partial charge in [0.25, 0.3) is 0 Å². The fourth-order valence-electron chi connectivity index (χ4n) is 2.16. The smallest absolute Gasteiger partial charge is 0.122 e. The van der Waals surface area contributed by atoms with E-state index in [4.69, 9.17) is 12.2 Å². The van der Waals surface area contributed by atoms with Crippen molar-refractivity contribution in [3.63, 3.8) is 0 Å². The number of nitrogens with one attached hydrogen (secondary N) is 1. The monoisotopic (exact) mass is 210 g/mol. The standard InChI is InChI=1S/C11H18N2S/c1-8(2)10-7-11(14)13(12-10)9-5-3-4-6-9/h7-9,12H,3-6H2,1-2H3. The molecule has 0 aromatic carbocycles. The van der Waals surface area contributed by atoms with Gasteiger partial charge in [0.05, 0.1) is 6.04 Å². The maximum absolute atomic E-state index is 5.36. The average molecular weight is 210 g/mol. The summed E-state index contributed by atoms with van der Waals surface area (Å²) in [6.45, 7) is 4.39. The molecule has 1 heterocycles. The van der Waals surface area contributed by atoms with Crippen molar-refractivity contribution in [1.29, 1.82) is 0 Å². The first kappa shape index (κ1) is 9.97. The van der Waals surface area contributed by atoms with Crippen LogP contribution in [0.3, 0.4) is 0 Å². The van der Waals surface area contributed by atoms with Gasteiger partial charge < -0.3 is 5.10 Å². The second-order valence-corrected chi connectivity index (χ2v) is 4.93. The van der Waals surface area contributed by atoms with Crippen LogP contribution in [0, 0.1) is 4.64 Å². The number of hydrogen-bond donors (Lipinski definition) is 1. The summed E-state index contributed by atoms with van der Waals surface area (Å²) in [5.74, 6) is 0.541. The molecule has 1 saturated carbocycles.